The van der Waals surface area contributed by atoms with Gasteiger partial charge < -0.3 is 10.1 Å². The summed E-state index contributed by atoms with van der Waals surface area (Å²) in [5, 5.41) is 2.86. The van der Waals surface area contributed by atoms with Crippen LogP contribution in [0.3, 0.4) is 0 Å². The highest BCUT2D eigenvalue weighted by molar-refractivity contribution is 14.1. The van der Waals surface area contributed by atoms with Crippen LogP contribution in [0, 0.1) is 10.5 Å². The van der Waals surface area contributed by atoms with Crippen LogP contribution in [0.2, 0.25) is 0 Å². The molecule has 1 heterocycles. The number of amides is 1. The Kier molecular flexibility index (Phi) is 5.88. The second-order valence-electron chi connectivity index (χ2n) is 8.28. The third-order valence-electron chi connectivity index (χ3n) is 4.83. The van der Waals surface area contributed by atoms with E-state index in [0.29, 0.717) is 17.1 Å². The fraction of sp³-hybridized carbons (Fsp3) is 0.381. The number of nitrogens with one attached hydrogen (secondary N) is 1. The van der Waals surface area contributed by atoms with Crippen LogP contribution >= 0.6 is 22.6 Å². The number of hydrogen-bond donors (Lipinski definition) is 1. The Morgan fingerprint density at radius 3 is 2.48 bits per heavy atom. The second kappa shape index (κ2) is 7.79. The van der Waals surface area contributed by atoms with Crippen molar-refractivity contribution in [2.75, 3.05) is 22.4 Å². The third-order valence-corrected chi connectivity index (χ3v) is 6.65. The molecule has 0 saturated heterocycles. The molecule has 0 spiro atoms. The first-order chi connectivity index (χ1) is 13.4. The van der Waals surface area contributed by atoms with Crippen LogP contribution < -0.4 is 14.4 Å². The molecule has 1 N–H and O–H groups in total. The second-order valence-corrected chi connectivity index (χ2v) is 11.4. The van der Waals surface area contributed by atoms with Gasteiger partial charge in [0.15, 0.2) is 6.10 Å². The summed E-state index contributed by atoms with van der Waals surface area (Å²) in [6.07, 6.45) is 0.195. The van der Waals surface area contributed by atoms with Gasteiger partial charge in [0.2, 0.25) is 10.0 Å². The smallest absolute Gasteiger partial charge is 0.267 e. The maximum absolute atomic E-state index is 12.9. The van der Waals surface area contributed by atoms with E-state index in [4.69, 9.17) is 4.74 Å². The van der Waals surface area contributed by atoms with Gasteiger partial charge in [0, 0.05) is 9.26 Å². The Balaban J connectivity index is 1.93. The Bertz CT molecular complexity index is 1060. The summed E-state index contributed by atoms with van der Waals surface area (Å²) in [6.45, 7) is 8.01. The molecule has 1 amide bonds. The minimum Gasteiger partial charge on any atom is -0.476 e. The van der Waals surface area contributed by atoms with Gasteiger partial charge >= 0.3 is 0 Å². The lowest BCUT2D eigenvalue weighted by atomic mass is 9.86. The summed E-state index contributed by atoms with van der Waals surface area (Å²) in [6, 6.07) is 11.2. The van der Waals surface area contributed by atoms with Crippen LogP contribution in [-0.4, -0.2) is 33.2 Å². The molecule has 0 aliphatic carbocycles. The summed E-state index contributed by atoms with van der Waals surface area (Å²) in [7, 11) is -3.58. The van der Waals surface area contributed by atoms with Crippen molar-refractivity contribution in [3.05, 3.63) is 51.1 Å². The number of carbonyl (C=O) groups is 1. The highest BCUT2D eigenvalue weighted by atomic mass is 127. The molecule has 0 radical (unpaired) electrons. The minimum absolute atomic E-state index is 0.0747. The normalized spacial score (nSPS) is 16.8. The number of halogens is 1. The van der Waals surface area contributed by atoms with Crippen LogP contribution in [0.1, 0.15) is 31.9 Å². The van der Waals surface area contributed by atoms with Gasteiger partial charge in [0.1, 0.15) is 5.75 Å². The molecule has 1 atom stereocenters. The van der Waals surface area contributed by atoms with Crippen LogP contribution in [0.4, 0.5) is 11.4 Å². The Hall–Kier alpha value is -1.81. The number of hydrogen-bond acceptors (Lipinski definition) is 4. The number of aryl methyl sites for hydroxylation is 1. The average Bonchev–Trinajstić information content (AvgIpc) is 2.61. The molecule has 0 aromatic heterocycles. The Morgan fingerprint density at radius 1 is 1.21 bits per heavy atom. The first kappa shape index (κ1) is 21.9. The molecule has 1 aliphatic rings. The fourth-order valence-electron chi connectivity index (χ4n) is 3.15. The number of carbonyl (C=O) groups excluding carboxylic acids is 1. The zero-order valence-electron chi connectivity index (χ0n) is 17.1. The van der Waals surface area contributed by atoms with E-state index in [9.17, 15) is 13.2 Å². The van der Waals surface area contributed by atoms with E-state index >= 15 is 0 Å². The van der Waals surface area contributed by atoms with Gasteiger partial charge in [-0.15, -0.1) is 0 Å². The van der Waals surface area contributed by atoms with E-state index in [-0.39, 0.29) is 17.9 Å². The van der Waals surface area contributed by atoms with Crippen LogP contribution in [0.25, 0.3) is 0 Å². The molecule has 0 bridgehead atoms. The average molecular weight is 528 g/mol. The quantitative estimate of drug-likeness (QED) is 0.610. The van der Waals surface area contributed by atoms with Crippen molar-refractivity contribution >= 4 is 49.9 Å². The minimum atomic E-state index is -3.58. The molecule has 0 fully saturated rings. The number of ether oxygens (including phenoxy) is 1. The molecule has 0 saturated carbocycles. The van der Waals surface area contributed by atoms with Crippen molar-refractivity contribution < 1.29 is 17.9 Å². The molecule has 1 unspecified atom stereocenters. The molecule has 2 aromatic rings. The molecule has 29 heavy (non-hydrogen) atoms. The van der Waals surface area contributed by atoms with Gasteiger partial charge in [-0.05, 0) is 76.4 Å². The monoisotopic (exact) mass is 528 g/mol. The topological polar surface area (TPSA) is 75.7 Å². The number of nitrogens with zero attached hydrogens (tertiary/aromatic N) is 1. The predicted molar refractivity (Wildman–Crippen MR) is 124 cm³/mol. The molecule has 2 aromatic carbocycles. The SMILES string of the molecule is Cc1cc(I)ccc1NC(=O)C1CN(S(C)(=O)=O)c2cc(C(C)(C)C)ccc2O1. The predicted octanol–water partition coefficient (Wildman–Crippen LogP) is 4.06. The molecular weight excluding hydrogens is 503 g/mol. The molecule has 8 heteroatoms. The number of fused-ring (bicyclic) bond motifs is 1. The Morgan fingerprint density at radius 2 is 1.90 bits per heavy atom. The van der Waals surface area contributed by atoms with Crippen LogP contribution in [0.15, 0.2) is 36.4 Å². The number of rotatable bonds is 3. The summed E-state index contributed by atoms with van der Waals surface area (Å²) in [5.41, 5.74) is 2.92. The maximum Gasteiger partial charge on any atom is 0.267 e. The number of sulfonamides is 1. The summed E-state index contributed by atoms with van der Waals surface area (Å²) < 4.78 is 33.2. The number of benzene rings is 2. The van der Waals surface area contributed by atoms with Gasteiger partial charge in [-0.3, -0.25) is 9.10 Å². The zero-order chi connectivity index (χ0) is 21.6. The summed E-state index contributed by atoms with van der Waals surface area (Å²) in [4.78, 5) is 12.9. The van der Waals surface area contributed by atoms with Gasteiger partial charge in [0.05, 0.1) is 18.5 Å². The maximum atomic E-state index is 12.9. The van der Waals surface area contributed by atoms with Crippen molar-refractivity contribution in [1.82, 2.24) is 0 Å². The molecule has 3 rings (SSSR count). The van der Waals surface area contributed by atoms with E-state index in [1.54, 1.807) is 6.07 Å². The third kappa shape index (κ3) is 4.85. The first-order valence-electron chi connectivity index (χ1n) is 9.22. The zero-order valence-corrected chi connectivity index (χ0v) is 20.1. The van der Waals surface area contributed by atoms with E-state index in [2.05, 4.69) is 48.7 Å². The standard InChI is InChI=1S/C21H25IN2O4S/c1-13-10-15(22)7-8-16(13)23-20(25)19-12-24(29(5,26)27)17-11-14(21(2,3)4)6-9-18(17)28-19/h6-11,19H,12H2,1-5H3,(H,23,25). The first-order valence-corrected chi connectivity index (χ1v) is 12.1. The Labute approximate surface area is 185 Å². The van der Waals surface area contributed by atoms with Crippen molar-refractivity contribution in [3.8, 4) is 5.75 Å². The van der Waals surface area contributed by atoms with Gasteiger partial charge in [-0.1, -0.05) is 26.8 Å². The van der Waals surface area contributed by atoms with Crippen LogP contribution in [-0.2, 0) is 20.2 Å². The lowest BCUT2D eigenvalue weighted by Crippen LogP contribution is -2.48. The van der Waals surface area contributed by atoms with E-state index < -0.39 is 16.1 Å². The van der Waals surface area contributed by atoms with E-state index in [0.717, 1.165) is 21.0 Å². The van der Waals surface area contributed by atoms with Gasteiger partial charge in [-0.25, -0.2) is 8.42 Å². The van der Waals surface area contributed by atoms with Gasteiger partial charge in [-0.2, -0.15) is 0 Å². The van der Waals surface area contributed by atoms with Crippen molar-refractivity contribution in [2.45, 2.75) is 39.2 Å². The van der Waals surface area contributed by atoms with Crippen LogP contribution in [0.5, 0.6) is 5.75 Å². The lowest BCUT2D eigenvalue weighted by molar-refractivity contribution is -0.122. The molecule has 156 valence electrons. The highest BCUT2D eigenvalue weighted by Gasteiger charge is 2.36. The van der Waals surface area contributed by atoms with Crippen molar-refractivity contribution in [2.24, 2.45) is 0 Å². The lowest BCUT2D eigenvalue weighted by Gasteiger charge is -2.35. The highest BCUT2D eigenvalue weighted by Crippen LogP contribution is 2.38. The van der Waals surface area contributed by atoms with Crippen molar-refractivity contribution in [3.63, 3.8) is 0 Å². The van der Waals surface area contributed by atoms with Gasteiger partial charge in [0.25, 0.3) is 5.91 Å². The fourth-order valence-corrected chi connectivity index (χ4v) is 4.70. The summed E-state index contributed by atoms with van der Waals surface area (Å²) >= 11 is 2.21. The molecule has 1 aliphatic heterocycles. The largest absolute Gasteiger partial charge is 0.476 e. The molecule has 6 nitrogen and oxygen atoms in total. The van der Waals surface area contributed by atoms with Crippen molar-refractivity contribution in [1.29, 1.82) is 0 Å². The van der Waals surface area contributed by atoms with E-state index in [1.807, 2.05) is 37.3 Å². The van der Waals surface area contributed by atoms with E-state index in [1.165, 1.54) is 4.31 Å². The number of anilines is 2. The molecular formula is C21H25IN2O4S. The summed E-state index contributed by atoms with van der Waals surface area (Å²) in [5.74, 6) is 0.00247.